The predicted molar refractivity (Wildman–Crippen MR) is 109 cm³/mol. The maximum absolute atomic E-state index is 12.6. The summed E-state index contributed by atoms with van der Waals surface area (Å²) in [6, 6.07) is 16.5. The Morgan fingerprint density at radius 3 is 2.47 bits per heavy atom. The van der Waals surface area contributed by atoms with Crippen LogP contribution in [0.5, 0.6) is 5.75 Å². The summed E-state index contributed by atoms with van der Waals surface area (Å²) < 4.78 is 11.6. The van der Waals surface area contributed by atoms with Crippen molar-refractivity contribution < 1.29 is 19.1 Å². The van der Waals surface area contributed by atoms with E-state index in [0.29, 0.717) is 12.4 Å². The van der Waals surface area contributed by atoms with Crippen LogP contribution < -0.4 is 10.1 Å². The van der Waals surface area contributed by atoms with Gasteiger partial charge in [-0.15, -0.1) is 5.10 Å². The fraction of sp³-hybridized carbons (Fsp3) is 0.190. The Morgan fingerprint density at radius 2 is 1.83 bits per heavy atom. The Bertz CT molecular complexity index is 1030. The second kappa shape index (κ2) is 9.97. The van der Waals surface area contributed by atoms with Gasteiger partial charge in [-0.1, -0.05) is 42.5 Å². The molecule has 0 aliphatic carbocycles. The highest BCUT2D eigenvalue weighted by Crippen LogP contribution is 2.14. The first kappa shape index (κ1) is 20.7. The maximum Gasteiger partial charge on any atom is 0.357 e. The van der Waals surface area contributed by atoms with Crippen molar-refractivity contribution in [2.24, 2.45) is 0 Å². The van der Waals surface area contributed by atoms with Crippen molar-refractivity contribution in [3.63, 3.8) is 0 Å². The average molecular weight is 407 g/mol. The van der Waals surface area contributed by atoms with Crippen molar-refractivity contribution in [1.29, 1.82) is 0 Å². The quantitative estimate of drug-likeness (QED) is 0.448. The van der Waals surface area contributed by atoms with Gasteiger partial charge in [0.25, 0.3) is 5.91 Å². The normalized spacial score (nSPS) is 11.1. The minimum atomic E-state index is -0.714. The molecule has 0 bridgehead atoms. The third kappa shape index (κ3) is 5.51. The predicted octanol–water partition coefficient (Wildman–Crippen LogP) is 1.85. The number of hydrogen-bond donors (Lipinski definition) is 1. The molecule has 0 saturated heterocycles. The molecule has 0 aliphatic heterocycles. The lowest BCUT2D eigenvalue weighted by Crippen LogP contribution is -2.29. The Hall–Kier alpha value is -4.01. The Balaban J connectivity index is 1.62. The molecule has 1 aromatic heterocycles. The van der Waals surface area contributed by atoms with Crippen molar-refractivity contribution in [2.75, 3.05) is 13.7 Å². The fourth-order valence-corrected chi connectivity index (χ4v) is 2.57. The lowest BCUT2D eigenvalue weighted by molar-refractivity contribution is -0.143. The summed E-state index contributed by atoms with van der Waals surface area (Å²) in [5, 5.41) is 13.9. The summed E-state index contributed by atoms with van der Waals surface area (Å²) in [5.41, 5.74) is 1.76. The van der Waals surface area contributed by atoms with Gasteiger partial charge in [-0.2, -0.15) is 4.68 Å². The molecule has 1 amide bonds. The highest BCUT2D eigenvalue weighted by atomic mass is 16.5. The number of amides is 1. The summed E-state index contributed by atoms with van der Waals surface area (Å²) in [4.78, 5) is 24.7. The number of tetrazole rings is 1. The second-order valence-corrected chi connectivity index (χ2v) is 6.28. The molecule has 0 aliphatic rings. The Kier molecular flexibility index (Phi) is 6.88. The number of methoxy groups -OCH3 is 1. The van der Waals surface area contributed by atoms with Crippen LogP contribution in [0.2, 0.25) is 0 Å². The van der Waals surface area contributed by atoms with E-state index in [1.54, 1.807) is 32.2 Å². The van der Waals surface area contributed by atoms with Crippen molar-refractivity contribution in [1.82, 2.24) is 25.5 Å². The summed E-state index contributed by atoms with van der Waals surface area (Å²) in [6.07, 6.45) is 1.60. The largest absolute Gasteiger partial charge is 0.497 e. The van der Waals surface area contributed by atoms with Gasteiger partial charge in [0.2, 0.25) is 0 Å². The van der Waals surface area contributed by atoms with E-state index in [4.69, 9.17) is 9.47 Å². The Morgan fingerprint density at radius 1 is 1.10 bits per heavy atom. The van der Waals surface area contributed by atoms with Crippen LogP contribution >= 0.6 is 0 Å². The van der Waals surface area contributed by atoms with Gasteiger partial charge in [-0.25, -0.2) is 4.79 Å². The number of benzene rings is 2. The number of nitrogens with zero attached hydrogens (tertiary/aromatic N) is 4. The van der Waals surface area contributed by atoms with Gasteiger partial charge < -0.3 is 14.8 Å². The van der Waals surface area contributed by atoms with Crippen LogP contribution in [0.25, 0.3) is 11.8 Å². The molecule has 2 aromatic carbocycles. The van der Waals surface area contributed by atoms with Crippen molar-refractivity contribution >= 4 is 23.6 Å². The molecule has 3 aromatic rings. The first-order chi connectivity index (χ1) is 14.6. The molecule has 9 nitrogen and oxygen atoms in total. The van der Waals surface area contributed by atoms with Crippen LogP contribution in [0, 0.1) is 6.92 Å². The lowest BCUT2D eigenvalue weighted by atomic mass is 10.2. The van der Waals surface area contributed by atoms with E-state index < -0.39 is 18.5 Å². The molecule has 1 heterocycles. The SMILES string of the molecule is COc1ccc(CNC(=O)COC(=O)C(=Cc2ccccc2)n2nnnc2C)cc1. The van der Waals surface area contributed by atoms with Gasteiger partial charge >= 0.3 is 5.97 Å². The van der Waals surface area contributed by atoms with Crippen molar-refractivity contribution in [3.05, 3.63) is 71.5 Å². The van der Waals surface area contributed by atoms with E-state index >= 15 is 0 Å². The number of hydrogen-bond acceptors (Lipinski definition) is 7. The first-order valence-electron chi connectivity index (χ1n) is 9.15. The molecular formula is C21H21N5O4. The minimum absolute atomic E-state index is 0.103. The summed E-state index contributed by atoms with van der Waals surface area (Å²) in [7, 11) is 1.59. The summed E-state index contributed by atoms with van der Waals surface area (Å²) in [5.74, 6) is 0.00763. The second-order valence-electron chi connectivity index (χ2n) is 6.28. The van der Waals surface area contributed by atoms with E-state index in [0.717, 1.165) is 16.9 Å². The van der Waals surface area contributed by atoms with E-state index in [-0.39, 0.29) is 5.70 Å². The van der Waals surface area contributed by atoms with Crippen LogP contribution in [-0.4, -0.2) is 45.8 Å². The van der Waals surface area contributed by atoms with Gasteiger partial charge in [-0.05, 0) is 46.7 Å². The zero-order valence-corrected chi connectivity index (χ0v) is 16.6. The van der Waals surface area contributed by atoms with E-state index in [9.17, 15) is 9.59 Å². The first-order valence-corrected chi connectivity index (χ1v) is 9.15. The lowest BCUT2D eigenvalue weighted by Gasteiger charge is -2.10. The molecule has 0 unspecified atom stereocenters. The average Bonchev–Trinajstić information content (AvgIpc) is 3.21. The van der Waals surface area contributed by atoms with Crippen molar-refractivity contribution in [3.8, 4) is 5.75 Å². The maximum atomic E-state index is 12.6. The number of ether oxygens (including phenoxy) is 2. The molecule has 3 rings (SSSR count). The zero-order chi connectivity index (χ0) is 21.3. The summed E-state index contributed by atoms with van der Waals surface area (Å²) in [6.45, 7) is 1.54. The highest BCUT2D eigenvalue weighted by Gasteiger charge is 2.19. The molecule has 30 heavy (non-hydrogen) atoms. The van der Waals surface area contributed by atoms with E-state index in [2.05, 4.69) is 20.8 Å². The van der Waals surface area contributed by atoms with Crippen LogP contribution in [0.4, 0.5) is 0 Å². The standard InChI is InChI=1S/C21H21N5O4/c1-15-23-24-25-26(15)19(12-16-6-4-3-5-7-16)21(28)30-14-20(27)22-13-17-8-10-18(29-2)11-9-17/h3-12H,13-14H2,1-2H3,(H,22,27). The Labute approximate surface area is 173 Å². The third-order valence-electron chi connectivity index (χ3n) is 4.15. The monoisotopic (exact) mass is 407 g/mol. The topological polar surface area (TPSA) is 108 Å². The van der Waals surface area contributed by atoms with Crippen molar-refractivity contribution in [2.45, 2.75) is 13.5 Å². The van der Waals surface area contributed by atoms with Crippen LogP contribution in [0.3, 0.4) is 0 Å². The minimum Gasteiger partial charge on any atom is -0.497 e. The fourth-order valence-electron chi connectivity index (χ4n) is 2.57. The molecular weight excluding hydrogens is 386 g/mol. The number of nitrogens with one attached hydrogen (secondary N) is 1. The van der Waals surface area contributed by atoms with Crippen LogP contribution in [-0.2, 0) is 20.9 Å². The molecule has 0 atom stereocenters. The van der Waals surface area contributed by atoms with Gasteiger partial charge in [0.15, 0.2) is 18.1 Å². The molecule has 1 N–H and O–H groups in total. The number of carbonyl (C=O) groups is 2. The molecule has 9 heteroatoms. The number of aromatic nitrogens is 4. The molecule has 0 saturated carbocycles. The van der Waals surface area contributed by atoms with E-state index in [1.165, 1.54) is 4.68 Å². The molecule has 0 spiro atoms. The third-order valence-corrected chi connectivity index (χ3v) is 4.15. The van der Waals surface area contributed by atoms with E-state index in [1.807, 2.05) is 42.5 Å². The smallest absolute Gasteiger partial charge is 0.357 e. The summed E-state index contributed by atoms with van der Waals surface area (Å²) >= 11 is 0. The molecule has 0 radical (unpaired) electrons. The van der Waals surface area contributed by atoms with Gasteiger partial charge in [0.1, 0.15) is 5.75 Å². The number of esters is 1. The number of carbonyl (C=O) groups excluding carboxylic acids is 2. The highest BCUT2D eigenvalue weighted by molar-refractivity contribution is 6.15. The van der Waals surface area contributed by atoms with Gasteiger partial charge in [0, 0.05) is 6.54 Å². The van der Waals surface area contributed by atoms with Crippen LogP contribution in [0.15, 0.2) is 54.6 Å². The number of rotatable bonds is 8. The van der Waals surface area contributed by atoms with Gasteiger partial charge in [-0.3, -0.25) is 4.79 Å². The number of aryl methyl sites for hydroxylation is 1. The van der Waals surface area contributed by atoms with Crippen LogP contribution in [0.1, 0.15) is 17.0 Å². The zero-order valence-electron chi connectivity index (χ0n) is 16.6. The van der Waals surface area contributed by atoms with Gasteiger partial charge in [0.05, 0.1) is 7.11 Å². The molecule has 154 valence electrons. The molecule has 0 fully saturated rings.